The number of thiazole rings is 1. The van der Waals surface area contributed by atoms with Gasteiger partial charge >= 0.3 is 6.18 Å². The molecule has 10 heteroatoms. The van der Waals surface area contributed by atoms with Crippen molar-refractivity contribution in [2.75, 3.05) is 26.2 Å². The van der Waals surface area contributed by atoms with Crippen molar-refractivity contribution in [1.29, 1.82) is 0 Å². The molecule has 4 heterocycles. The van der Waals surface area contributed by atoms with E-state index in [0.717, 1.165) is 55.7 Å². The van der Waals surface area contributed by atoms with E-state index in [9.17, 15) is 22.4 Å². The summed E-state index contributed by atoms with van der Waals surface area (Å²) in [5.41, 5.74) is 2.12. The second kappa shape index (κ2) is 11.2. The number of imidazole rings is 1. The Bertz CT molecular complexity index is 1510. The number of carbonyl (C=O) groups is 1. The van der Waals surface area contributed by atoms with Crippen LogP contribution in [0.4, 0.5) is 17.6 Å². The largest absolute Gasteiger partial charge is 0.416 e. The maximum Gasteiger partial charge on any atom is 0.416 e. The van der Waals surface area contributed by atoms with E-state index in [-0.39, 0.29) is 11.8 Å². The van der Waals surface area contributed by atoms with E-state index in [1.165, 1.54) is 17.4 Å². The summed E-state index contributed by atoms with van der Waals surface area (Å²) in [5, 5.41) is 3.17. The van der Waals surface area contributed by atoms with Gasteiger partial charge in [0.25, 0.3) is 0 Å². The van der Waals surface area contributed by atoms with Crippen LogP contribution >= 0.6 is 11.3 Å². The van der Waals surface area contributed by atoms with E-state index < -0.39 is 17.9 Å². The third kappa shape index (κ3) is 5.66. The predicted octanol–water partition coefficient (Wildman–Crippen LogP) is 7.45. The number of fused-ring (bicyclic) bond motifs is 3. The maximum atomic E-state index is 14.0. The molecular weight excluding hydrogens is 540 g/mol. The van der Waals surface area contributed by atoms with E-state index in [1.54, 1.807) is 18.3 Å². The lowest BCUT2D eigenvalue weighted by molar-refractivity contribution is -0.138. The number of benzene rings is 2. The van der Waals surface area contributed by atoms with Gasteiger partial charge in [-0.2, -0.15) is 13.2 Å². The highest BCUT2D eigenvalue weighted by molar-refractivity contribution is 7.23. The van der Waals surface area contributed by atoms with Crippen LogP contribution in [0.5, 0.6) is 0 Å². The molecule has 2 aromatic carbocycles. The number of aromatic nitrogens is 2. The van der Waals surface area contributed by atoms with Crippen molar-refractivity contribution in [3.63, 3.8) is 0 Å². The highest BCUT2D eigenvalue weighted by Crippen LogP contribution is 2.40. The Morgan fingerprint density at radius 3 is 2.65 bits per heavy atom. The highest BCUT2D eigenvalue weighted by atomic mass is 32.1. The van der Waals surface area contributed by atoms with Crippen molar-refractivity contribution in [3.05, 3.63) is 59.3 Å². The first kappa shape index (κ1) is 27.4. The molecule has 0 saturated carbocycles. The highest BCUT2D eigenvalue weighted by Gasteiger charge is 2.36. The quantitative estimate of drug-likeness (QED) is 0.135. The molecule has 212 valence electrons. The van der Waals surface area contributed by atoms with Gasteiger partial charge < -0.3 is 10.2 Å². The molecule has 40 heavy (non-hydrogen) atoms. The van der Waals surface area contributed by atoms with Gasteiger partial charge in [0, 0.05) is 42.9 Å². The van der Waals surface area contributed by atoms with Gasteiger partial charge in [0.1, 0.15) is 6.17 Å². The Hall–Kier alpha value is -2.82. The molecule has 1 N–H and O–H groups in total. The fourth-order valence-electron chi connectivity index (χ4n) is 5.92. The molecule has 2 aromatic heterocycles. The first-order chi connectivity index (χ1) is 19.3. The number of alkyl halides is 4. The minimum atomic E-state index is -4.45. The Morgan fingerprint density at radius 1 is 1.07 bits per heavy atom. The van der Waals surface area contributed by atoms with Crippen molar-refractivity contribution >= 4 is 32.3 Å². The van der Waals surface area contributed by atoms with Crippen LogP contribution < -0.4 is 5.32 Å². The van der Waals surface area contributed by atoms with Gasteiger partial charge in [0.2, 0.25) is 0 Å². The van der Waals surface area contributed by atoms with Gasteiger partial charge in [-0.1, -0.05) is 23.5 Å². The normalized spacial score (nSPS) is 19.2. The molecule has 2 fully saturated rings. The molecule has 0 bridgehead atoms. The molecular formula is C30H32F4N4OS. The van der Waals surface area contributed by atoms with E-state index >= 15 is 0 Å². The first-order valence-electron chi connectivity index (χ1n) is 14.0. The molecule has 0 amide bonds. The maximum absolute atomic E-state index is 14.0. The van der Waals surface area contributed by atoms with Crippen molar-refractivity contribution in [2.45, 2.75) is 63.3 Å². The average molecular weight is 573 g/mol. The van der Waals surface area contributed by atoms with Gasteiger partial charge in [-0.15, -0.1) is 0 Å². The number of hydrogen-bond donors (Lipinski definition) is 1. The van der Waals surface area contributed by atoms with Gasteiger partial charge in [-0.05, 0) is 81.4 Å². The lowest BCUT2D eigenvalue weighted by atomic mass is 9.95. The molecule has 0 unspecified atom stereocenters. The number of hydrogen-bond acceptors (Lipinski definition) is 5. The minimum Gasteiger partial charge on any atom is -0.310 e. The second-order valence-corrected chi connectivity index (χ2v) is 11.9. The van der Waals surface area contributed by atoms with Crippen LogP contribution in [0.3, 0.4) is 0 Å². The van der Waals surface area contributed by atoms with Crippen LogP contribution in [0.25, 0.3) is 26.4 Å². The number of carbonyl (C=O) groups excluding carboxylic acids is 1. The van der Waals surface area contributed by atoms with E-state index in [0.29, 0.717) is 53.0 Å². The number of ketones is 1. The lowest BCUT2D eigenvalue weighted by Crippen LogP contribution is -2.35. The number of Topliss-reactive ketones (excluding diaryl/α,β-unsaturated/α-hetero) is 1. The summed E-state index contributed by atoms with van der Waals surface area (Å²) in [5.74, 6) is 0.0904. The van der Waals surface area contributed by atoms with Crippen LogP contribution in [0.1, 0.15) is 72.5 Å². The molecule has 1 atom stereocenters. The average Bonchev–Trinajstić information content (AvgIpc) is 3.68. The van der Waals surface area contributed by atoms with Crippen LogP contribution in [-0.4, -0.2) is 52.4 Å². The number of halogens is 4. The summed E-state index contributed by atoms with van der Waals surface area (Å²) in [6.07, 6.45) is 1.57. The summed E-state index contributed by atoms with van der Waals surface area (Å²) in [6.45, 7) is 3.21. The Kier molecular flexibility index (Phi) is 7.67. The summed E-state index contributed by atoms with van der Waals surface area (Å²) >= 11 is 1.42. The molecule has 5 nitrogen and oxygen atoms in total. The van der Waals surface area contributed by atoms with Crippen molar-refractivity contribution in [1.82, 2.24) is 19.6 Å². The van der Waals surface area contributed by atoms with Gasteiger partial charge in [0.05, 0.1) is 21.5 Å². The van der Waals surface area contributed by atoms with Gasteiger partial charge in [-0.25, -0.2) is 9.37 Å². The van der Waals surface area contributed by atoms with Crippen LogP contribution in [-0.2, 0) is 6.18 Å². The van der Waals surface area contributed by atoms with Crippen LogP contribution in [0.15, 0.2) is 42.6 Å². The molecule has 6 rings (SSSR count). The zero-order chi connectivity index (χ0) is 27.9. The summed E-state index contributed by atoms with van der Waals surface area (Å²) < 4.78 is 58.0. The fourth-order valence-corrected chi connectivity index (χ4v) is 6.97. The SMILES string of the molecule is O=C(CCCCN1CCC(F)CC1)c1ccc2c(c1)sc1nc(-c3ccc([C@H]4CCCN4)c(C(F)(F)F)c3)cn12. The minimum absolute atomic E-state index is 0.0904. The van der Waals surface area contributed by atoms with Crippen LogP contribution in [0.2, 0.25) is 0 Å². The zero-order valence-electron chi connectivity index (χ0n) is 22.1. The summed E-state index contributed by atoms with van der Waals surface area (Å²) in [6, 6.07) is 9.81. The number of unbranched alkanes of at least 4 members (excludes halogenated alkanes) is 1. The Balaban J connectivity index is 1.16. The zero-order valence-corrected chi connectivity index (χ0v) is 23.0. The van der Waals surface area contributed by atoms with E-state index in [4.69, 9.17) is 0 Å². The predicted molar refractivity (Wildman–Crippen MR) is 150 cm³/mol. The third-order valence-electron chi connectivity index (χ3n) is 8.15. The molecule has 2 saturated heterocycles. The number of piperidine rings is 1. The number of nitrogens with zero attached hydrogens (tertiary/aromatic N) is 3. The van der Waals surface area contributed by atoms with E-state index in [2.05, 4.69) is 15.2 Å². The first-order valence-corrected chi connectivity index (χ1v) is 14.8. The number of likely N-dealkylation sites (tertiary alicyclic amines) is 1. The molecule has 0 aliphatic carbocycles. The Labute approximate surface area is 234 Å². The smallest absolute Gasteiger partial charge is 0.310 e. The molecule has 4 aromatic rings. The van der Waals surface area contributed by atoms with E-state index in [1.807, 2.05) is 22.6 Å². The molecule has 2 aliphatic heterocycles. The molecule has 2 aliphatic rings. The monoisotopic (exact) mass is 572 g/mol. The summed E-state index contributed by atoms with van der Waals surface area (Å²) in [7, 11) is 0. The number of nitrogens with one attached hydrogen (secondary N) is 1. The van der Waals surface area contributed by atoms with Gasteiger partial charge in [-0.3, -0.25) is 9.20 Å². The Morgan fingerprint density at radius 2 is 1.90 bits per heavy atom. The number of rotatable bonds is 8. The molecule has 0 spiro atoms. The third-order valence-corrected chi connectivity index (χ3v) is 9.17. The lowest BCUT2D eigenvalue weighted by Gasteiger charge is -2.28. The van der Waals surface area contributed by atoms with Gasteiger partial charge in [0.15, 0.2) is 10.7 Å². The van der Waals surface area contributed by atoms with Crippen molar-refractivity contribution in [3.8, 4) is 11.3 Å². The van der Waals surface area contributed by atoms with Crippen molar-refractivity contribution in [2.24, 2.45) is 0 Å². The van der Waals surface area contributed by atoms with Crippen LogP contribution in [0, 0.1) is 0 Å². The van der Waals surface area contributed by atoms with Crippen molar-refractivity contribution < 1.29 is 22.4 Å². The fraction of sp³-hybridized carbons (Fsp3) is 0.467. The standard InChI is InChI=1S/C30H32F4N4OS/c31-21-10-14-37(15-11-21)13-2-1-5-27(39)20-7-9-26-28(17-20)40-29-36-25(18-38(26)29)19-6-8-22(24-4-3-12-35-24)23(16-19)30(32,33)34/h6-9,16-18,21,24,35H,1-5,10-15H2/t24-/m1/s1. The second-order valence-electron chi connectivity index (χ2n) is 10.9. The topological polar surface area (TPSA) is 49.6 Å². The summed E-state index contributed by atoms with van der Waals surface area (Å²) in [4.78, 5) is 20.4. The molecule has 0 radical (unpaired) electrons.